The number of carbonyl (C=O) groups is 1. The maximum Gasteiger partial charge on any atom is 0.255 e. The molecule has 0 saturated heterocycles. The summed E-state index contributed by atoms with van der Waals surface area (Å²) in [5, 5.41) is 7.61. The highest BCUT2D eigenvalue weighted by molar-refractivity contribution is 6.33. The van der Waals surface area contributed by atoms with E-state index in [1.54, 1.807) is 42.2 Å². The van der Waals surface area contributed by atoms with Crippen molar-refractivity contribution in [2.45, 2.75) is 0 Å². The van der Waals surface area contributed by atoms with Crippen LogP contribution in [0.25, 0.3) is 11.3 Å². The molecule has 29 heavy (non-hydrogen) atoms. The summed E-state index contributed by atoms with van der Waals surface area (Å²) in [4.78, 5) is 14.6. The molecule has 7 nitrogen and oxygen atoms in total. The number of ether oxygens (including phenoxy) is 1. The molecule has 0 aliphatic carbocycles. The van der Waals surface area contributed by atoms with Crippen LogP contribution in [0.2, 0.25) is 5.02 Å². The minimum Gasteiger partial charge on any atom is -0.492 e. The fourth-order valence-corrected chi connectivity index (χ4v) is 3.18. The smallest absolute Gasteiger partial charge is 0.255 e. The number of rotatable bonds is 7. The van der Waals surface area contributed by atoms with Crippen molar-refractivity contribution in [2.24, 2.45) is 12.8 Å². The lowest BCUT2D eigenvalue weighted by Gasteiger charge is -2.15. The summed E-state index contributed by atoms with van der Waals surface area (Å²) in [5.41, 5.74) is 9.21. The molecule has 3 aromatic rings. The van der Waals surface area contributed by atoms with Crippen molar-refractivity contribution in [1.29, 1.82) is 0 Å². The van der Waals surface area contributed by atoms with E-state index in [0.717, 1.165) is 11.3 Å². The number of nitrogens with zero attached hydrogens (tertiary/aromatic N) is 3. The molecule has 3 rings (SSSR count). The quantitative estimate of drug-likeness (QED) is 0.620. The van der Waals surface area contributed by atoms with Gasteiger partial charge in [-0.1, -0.05) is 11.6 Å². The average molecular weight is 414 g/mol. The maximum atomic E-state index is 12.7. The number of anilines is 2. The largest absolute Gasteiger partial charge is 0.492 e. The Morgan fingerprint density at radius 2 is 1.97 bits per heavy atom. The molecule has 3 N–H and O–H groups in total. The molecule has 8 heteroatoms. The van der Waals surface area contributed by atoms with E-state index in [4.69, 9.17) is 22.1 Å². The van der Waals surface area contributed by atoms with Crippen LogP contribution in [0.4, 0.5) is 11.4 Å². The van der Waals surface area contributed by atoms with Crippen molar-refractivity contribution < 1.29 is 9.53 Å². The first-order valence-electron chi connectivity index (χ1n) is 9.14. The van der Waals surface area contributed by atoms with Crippen molar-refractivity contribution in [3.05, 3.63) is 59.2 Å². The van der Waals surface area contributed by atoms with Crippen molar-refractivity contribution in [2.75, 3.05) is 37.5 Å². The van der Waals surface area contributed by atoms with Crippen LogP contribution >= 0.6 is 11.6 Å². The van der Waals surface area contributed by atoms with E-state index in [0.29, 0.717) is 40.9 Å². The lowest BCUT2D eigenvalue weighted by atomic mass is 10.1. The van der Waals surface area contributed by atoms with Crippen LogP contribution in [0.15, 0.2) is 48.7 Å². The molecule has 1 amide bonds. The highest BCUT2D eigenvalue weighted by Gasteiger charge is 2.16. The van der Waals surface area contributed by atoms with Gasteiger partial charge in [0.2, 0.25) is 0 Å². The fraction of sp³-hybridized carbons (Fsp3) is 0.238. The normalized spacial score (nSPS) is 10.7. The standard InChI is InChI=1S/C21H24ClN5O2/c1-26(2)16-7-4-14(5-8-16)21(28)25-15-6-9-19(29-11-10-23)17(12-15)20-18(22)13-24-27(20)3/h4-9,12-13H,10-11,23H2,1-3H3,(H,25,28). The van der Waals surface area contributed by atoms with Gasteiger partial charge in [0.15, 0.2) is 0 Å². The number of nitrogens with two attached hydrogens (primary N) is 1. The number of hydrogen-bond acceptors (Lipinski definition) is 5. The van der Waals surface area contributed by atoms with E-state index in [1.165, 1.54) is 0 Å². The molecule has 1 heterocycles. The SMILES string of the molecule is CN(C)c1ccc(C(=O)Nc2ccc(OCCN)c(-c3c(Cl)cnn3C)c2)cc1. The molecule has 0 aliphatic rings. The maximum absolute atomic E-state index is 12.7. The summed E-state index contributed by atoms with van der Waals surface area (Å²) < 4.78 is 7.42. The summed E-state index contributed by atoms with van der Waals surface area (Å²) in [7, 11) is 5.70. The van der Waals surface area contributed by atoms with Gasteiger partial charge in [-0.15, -0.1) is 0 Å². The van der Waals surface area contributed by atoms with Gasteiger partial charge < -0.3 is 20.7 Å². The van der Waals surface area contributed by atoms with Crippen molar-refractivity contribution in [1.82, 2.24) is 9.78 Å². The Morgan fingerprint density at radius 1 is 1.24 bits per heavy atom. The Labute approximate surface area is 175 Å². The van der Waals surface area contributed by atoms with E-state index >= 15 is 0 Å². The van der Waals surface area contributed by atoms with Crippen LogP contribution in [-0.4, -0.2) is 42.9 Å². The molecule has 1 aromatic heterocycles. The molecular formula is C21H24ClN5O2. The van der Waals surface area contributed by atoms with E-state index in [9.17, 15) is 4.79 Å². The van der Waals surface area contributed by atoms with Gasteiger partial charge in [0.1, 0.15) is 12.4 Å². The van der Waals surface area contributed by atoms with Gasteiger partial charge in [-0.25, -0.2) is 0 Å². The second-order valence-electron chi connectivity index (χ2n) is 6.71. The first kappa shape index (κ1) is 20.7. The van der Waals surface area contributed by atoms with Gasteiger partial charge in [-0.3, -0.25) is 9.48 Å². The lowest BCUT2D eigenvalue weighted by Crippen LogP contribution is -2.14. The number of carbonyl (C=O) groups excluding carboxylic acids is 1. The minimum absolute atomic E-state index is 0.201. The third kappa shape index (κ3) is 4.70. The first-order valence-corrected chi connectivity index (χ1v) is 9.52. The van der Waals surface area contributed by atoms with E-state index in [1.807, 2.05) is 37.2 Å². The molecule has 0 atom stereocenters. The number of amides is 1. The summed E-state index contributed by atoms with van der Waals surface area (Å²) in [6.07, 6.45) is 1.57. The number of aromatic nitrogens is 2. The Morgan fingerprint density at radius 3 is 2.55 bits per heavy atom. The molecular weight excluding hydrogens is 390 g/mol. The topological polar surface area (TPSA) is 85.4 Å². The molecule has 0 radical (unpaired) electrons. The second-order valence-corrected chi connectivity index (χ2v) is 7.12. The Bertz CT molecular complexity index is 979. The molecule has 0 unspecified atom stereocenters. The molecule has 0 aliphatic heterocycles. The molecule has 0 saturated carbocycles. The van der Waals surface area contributed by atoms with E-state index in [2.05, 4.69) is 10.4 Å². The van der Waals surface area contributed by atoms with E-state index < -0.39 is 0 Å². The zero-order valence-corrected chi connectivity index (χ0v) is 17.4. The predicted octanol–water partition coefficient (Wildman–Crippen LogP) is 3.40. The Kier molecular flexibility index (Phi) is 6.41. The molecule has 0 bridgehead atoms. The zero-order chi connectivity index (χ0) is 21.0. The average Bonchev–Trinajstić information content (AvgIpc) is 3.05. The van der Waals surface area contributed by atoms with Crippen molar-refractivity contribution in [3.8, 4) is 17.0 Å². The summed E-state index contributed by atoms with van der Waals surface area (Å²) in [6, 6.07) is 12.8. The third-order valence-corrected chi connectivity index (χ3v) is 4.68. The minimum atomic E-state index is -0.201. The number of aryl methyl sites for hydroxylation is 1. The van der Waals surface area contributed by atoms with Crippen molar-refractivity contribution in [3.63, 3.8) is 0 Å². The lowest BCUT2D eigenvalue weighted by molar-refractivity contribution is 0.102. The van der Waals surface area contributed by atoms with Gasteiger partial charge in [-0.2, -0.15) is 5.10 Å². The number of halogens is 1. The van der Waals surface area contributed by atoms with Crippen LogP contribution in [0.1, 0.15) is 10.4 Å². The molecule has 0 spiro atoms. The van der Waals surface area contributed by atoms with Gasteiger partial charge in [-0.05, 0) is 42.5 Å². The predicted molar refractivity (Wildman–Crippen MR) is 117 cm³/mol. The third-order valence-electron chi connectivity index (χ3n) is 4.41. The summed E-state index contributed by atoms with van der Waals surface area (Å²) in [5.74, 6) is 0.419. The van der Waals surface area contributed by atoms with E-state index in [-0.39, 0.29) is 5.91 Å². The highest BCUT2D eigenvalue weighted by atomic mass is 35.5. The number of hydrogen-bond donors (Lipinski definition) is 2. The second kappa shape index (κ2) is 8.98. The van der Waals surface area contributed by atoms with Gasteiger partial charge in [0.05, 0.1) is 16.9 Å². The summed E-state index contributed by atoms with van der Waals surface area (Å²) in [6.45, 7) is 0.756. The number of nitrogens with one attached hydrogen (secondary N) is 1. The van der Waals surface area contributed by atoms with Crippen molar-refractivity contribution >= 4 is 28.9 Å². The van der Waals surface area contributed by atoms with Gasteiger partial charge in [0, 0.05) is 50.2 Å². The van der Waals surface area contributed by atoms with Crippen LogP contribution in [0, 0.1) is 0 Å². The van der Waals surface area contributed by atoms with Crippen LogP contribution in [0.3, 0.4) is 0 Å². The van der Waals surface area contributed by atoms with Crippen LogP contribution in [-0.2, 0) is 7.05 Å². The monoisotopic (exact) mass is 413 g/mol. The fourth-order valence-electron chi connectivity index (χ4n) is 2.92. The van der Waals surface area contributed by atoms with Crippen LogP contribution in [0.5, 0.6) is 5.75 Å². The molecule has 2 aromatic carbocycles. The zero-order valence-electron chi connectivity index (χ0n) is 16.6. The highest BCUT2D eigenvalue weighted by Crippen LogP contribution is 2.36. The first-order chi connectivity index (χ1) is 13.9. The van der Waals surface area contributed by atoms with Crippen LogP contribution < -0.4 is 20.7 Å². The van der Waals surface area contributed by atoms with Gasteiger partial charge in [0.25, 0.3) is 5.91 Å². The Balaban J connectivity index is 1.90. The molecule has 152 valence electrons. The van der Waals surface area contributed by atoms with Gasteiger partial charge >= 0.3 is 0 Å². The Hall–Kier alpha value is -3.03. The molecule has 0 fully saturated rings. The number of benzene rings is 2. The summed E-state index contributed by atoms with van der Waals surface area (Å²) >= 11 is 6.33.